The van der Waals surface area contributed by atoms with E-state index < -0.39 is 9.84 Å². The van der Waals surface area contributed by atoms with Gasteiger partial charge in [-0.25, -0.2) is 8.42 Å². The Morgan fingerprint density at radius 2 is 1.83 bits per heavy atom. The van der Waals surface area contributed by atoms with Crippen molar-refractivity contribution in [2.75, 3.05) is 29.6 Å². The second-order valence-electron chi connectivity index (χ2n) is 4.05. The van der Waals surface area contributed by atoms with E-state index in [2.05, 4.69) is 11.6 Å². The highest BCUT2D eigenvalue weighted by molar-refractivity contribution is 7.98. The van der Waals surface area contributed by atoms with Gasteiger partial charge in [-0.3, -0.25) is 0 Å². The molecule has 0 unspecified atom stereocenters. The Hall–Kier alpha value is -0.680. The van der Waals surface area contributed by atoms with Crippen molar-refractivity contribution < 1.29 is 8.42 Å². The topological polar surface area (TPSA) is 46.2 Å². The number of nitrogens with one attached hydrogen (secondary N) is 1. The van der Waals surface area contributed by atoms with Crippen molar-refractivity contribution in [2.24, 2.45) is 0 Å². The molecular weight excluding hydrogens is 266 g/mol. The van der Waals surface area contributed by atoms with Gasteiger partial charge in [-0.15, -0.1) is 0 Å². The smallest absolute Gasteiger partial charge is 0.178 e. The number of thioether (sulfide) groups is 1. The fourth-order valence-corrected chi connectivity index (χ4v) is 2.93. The standard InChI is InChI=1S/C13H21NO2S2/c1-3-18(15,16)13-8-6-12(7-9-13)14-10-4-5-11-17-2/h6-9,14H,3-5,10-11H2,1-2H3. The van der Waals surface area contributed by atoms with Gasteiger partial charge in [-0.05, 0) is 49.1 Å². The maximum Gasteiger partial charge on any atom is 0.178 e. The van der Waals surface area contributed by atoms with Crippen molar-refractivity contribution in [1.82, 2.24) is 0 Å². The molecular formula is C13H21NO2S2. The minimum Gasteiger partial charge on any atom is -0.385 e. The first-order chi connectivity index (χ1) is 8.60. The molecule has 102 valence electrons. The Kier molecular flexibility index (Phi) is 6.57. The van der Waals surface area contributed by atoms with Gasteiger partial charge in [0.05, 0.1) is 10.6 Å². The minimum absolute atomic E-state index is 0.147. The minimum atomic E-state index is -3.08. The molecule has 3 nitrogen and oxygen atoms in total. The lowest BCUT2D eigenvalue weighted by molar-refractivity contribution is 0.597. The van der Waals surface area contributed by atoms with E-state index in [0.717, 1.165) is 18.7 Å². The third-order valence-electron chi connectivity index (χ3n) is 2.70. The van der Waals surface area contributed by atoms with Crippen LogP contribution in [0.1, 0.15) is 19.8 Å². The molecule has 0 saturated carbocycles. The molecule has 0 fully saturated rings. The van der Waals surface area contributed by atoms with Crippen LogP contribution in [0, 0.1) is 0 Å². The first-order valence-electron chi connectivity index (χ1n) is 6.16. The summed E-state index contributed by atoms with van der Waals surface area (Å²) in [5, 5.41) is 3.30. The highest BCUT2D eigenvalue weighted by Gasteiger charge is 2.10. The number of rotatable bonds is 8. The molecule has 0 atom stereocenters. The zero-order valence-electron chi connectivity index (χ0n) is 11.0. The van der Waals surface area contributed by atoms with Gasteiger partial charge in [-0.2, -0.15) is 11.8 Å². The Morgan fingerprint density at radius 1 is 1.17 bits per heavy atom. The van der Waals surface area contributed by atoms with E-state index in [-0.39, 0.29) is 5.75 Å². The second-order valence-corrected chi connectivity index (χ2v) is 7.32. The number of hydrogen-bond donors (Lipinski definition) is 1. The number of unbranched alkanes of at least 4 members (excludes halogenated alkanes) is 1. The number of benzene rings is 1. The molecule has 0 aromatic heterocycles. The highest BCUT2D eigenvalue weighted by Crippen LogP contribution is 2.15. The highest BCUT2D eigenvalue weighted by atomic mass is 32.2. The van der Waals surface area contributed by atoms with Gasteiger partial charge < -0.3 is 5.32 Å². The van der Waals surface area contributed by atoms with Gasteiger partial charge in [0.15, 0.2) is 9.84 Å². The first kappa shape index (κ1) is 15.4. The van der Waals surface area contributed by atoms with Crippen LogP contribution in [0.5, 0.6) is 0 Å². The molecule has 0 spiro atoms. The molecule has 18 heavy (non-hydrogen) atoms. The predicted molar refractivity (Wildman–Crippen MR) is 80.3 cm³/mol. The number of sulfone groups is 1. The molecule has 1 rings (SSSR count). The zero-order chi connectivity index (χ0) is 13.4. The maximum atomic E-state index is 11.6. The molecule has 0 heterocycles. The molecule has 5 heteroatoms. The van der Waals surface area contributed by atoms with E-state index >= 15 is 0 Å². The lowest BCUT2D eigenvalue weighted by Crippen LogP contribution is -2.05. The van der Waals surface area contributed by atoms with Crippen LogP contribution in [0.25, 0.3) is 0 Å². The van der Waals surface area contributed by atoms with Crippen LogP contribution in [-0.2, 0) is 9.84 Å². The average molecular weight is 287 g/mol. The van der Waals surface area contributed by atoms with Gasteiger partial charge in [0, 0.05) is 12.2 Å². The van der Waals surface area contributed by atoms with Crippen LogP contribution < -0.4 is 5.32 Å². The summed E-state index contributed by atoms with van der Waals surface area (Å²) in [6.07, 6.45) is 4.45. The molecule has 0 amide bonds. The molecule has 0 aliphatic heterocycles. The summed E-state index contributed by atoms with van der Waals surface area (Å²) in [7, 11) is -3.08. The van der Waals surface area contributed by atoms with Crippen molar-refractivity contribution in [1.29, 1.82) is 0 Å². The molecule has 0 aliphatic rings. The largest absolute Gasteiger partial charge is 0.385 e. The molecule has 1 aromatic carbocycles. The summed E-state index contributed by atoms with van der Waals surface area (Å²) in [6.45, 7) is 2.59. The third-order valence-corrected chi connectivity index (χ3v) is 5.15. The van der Waals surface area contributed by atoms with Crippen molar-refractivity contribution in [2.45, 2.75) is 24.7 Å². The Bertz CT molecular complexity index is 441. The zero-order valence-corrected chi connectivity index (χ0v) is 12.6. The van der Waals surface area contributed by atoms with Crippen LogP contribution in [0.3, 0.4) is 0 Å². The Balaban J connectivity index is 2.46. The summed E-state index contributed by atoms with van der Waals surface area (Å²) in [5.41, 5.74) is 0.981. The summed E-state index contributed by atoms with van der Waals surface area (Å²) in [5.74, 6) is 1.34. The molecule has 0 saturated heterocycles. The van der Waals surface area contributed by atoms with Crippen molar-refractivity contribution in [3.8, 4) is 0 Å². The number of hydrogen-bond acceptors (Lipinski definition) is 4. The van der Waals surface area contributed by atoms with Gasteiger partial charge in [0.1, 0.15) is 0 Å². The van der Waals surface area contributed by atoms with Gasteiger partial charge >= 0.3 is 0 Å². The molecule has 1 aromatic rings. The summed E-state index contributed by atoms with van der Waals surface area (Å²) < 4.78 is 23.2. The van der Waals surface area contributed by atoms with Crippen LogP contribution in [-0.4, -0.2) is 32.7 Å². The SMILES string of the molecule is CCS(=O)(=O)c1ccc(NCCCCSC)cc1. The molecule has 0 aliphatic carbocycles. The second kappa shape index (κ2) is 7.69. The summed E-state index contributed by atoms with van der Waals surface area (Å²) in [4.78, 5) is 0.401. The van der Waals surface area contributed by atoms with Crippen LogP contribution >= 0.6 is 11.8 Å². The lowest BCUT2D eigenvalue weighted by atomic mass is 10.3. The van der Waals surface area contributed by atoms with E-state index in [0.29, 0.717) is 4.90 Å². The van der Waals surface area contributed by atoms with E-state index in [1.807, 2.05) is 23.9 Å². The monoisotopic (exact) mass is 287 g/mol. The summed E-state index contributed by atoms with van der Waals surface area (Å²) in [6, 6.07) is 7.00. The molecule has 0 bridgehead atoms. The van der Waals surface area contributed by atoms with Gasteiger partial charge in [0.25, 0.3) is 0 Å². The van der Waals surface area contributed by atoms with E-state index in [9.17, 15) is 8.42 Å². The third kappa shape index (κ3) is 4.90. The van der Waals surface area contributed by atoms with E-state index in [1.54, 1.807) is 19.1 Å². The number of anilines is 1. The van der Waals surface area contributed by atoms with Gasteiger partial charge in [-0.1, -0.05) is 6.92 Å². The predicted octanol–water partition coefficient (Wildman–Crippen LogP) is 3.04. The molecule has 1 N–H and O–H groups in total. The van der Waals surface area contributed by atoms with Crippen molar-refractivity contribution in [3.63, 3.8) is 0 Å². The van der Waals surface area contributed by atoms with Crippen LogP contribution in [0.15, 0.2) is 29.2 Å². The van der Waals surface area contributed by atoms with Crippen LogP contribution in [0.2, 0.25) is 0 Å². The van der Waals surface area contributed by atoms with Gasteiger partial charge in [0.2, 0.25) is 0 Å². The summed E-state index contributed by atoms with van der Waals surface area (Å²) >= 11 is 1.86. The average Bonchev–Trinajstić information content (AvgIpc) is 2.39. The van der Waals surface area contributed by atoms with Crippen molar-refractivity contribution >= 4 is 27.3 Å². The Labute approximate surface area is 114 Å². The fraction of sp³-hybridized carbons (Fsp3) is 0.538. The van der Waals surface area contributed by atoms with E-state index in [4.69, 9.17) is 0 Å². The first-order valence-corrected chi connectivity index (χ1v) is 9.20. The normalized spacial score (nSPS) is 11.4. The fourth-order valence-electron chi connectivity index (χ4n) is 1.55. The van der Waals surface area contributed by atoms with Crippen LogP contribution in [0.4, 0.5) is 5.69 Å². The van der Waals surface area contributed by atoms with Crippen molar-refractivity contribution in [3.05, 3.63) is 24.3 Å². The Morgan fingerprint density at radius 3 is 2.39 bits per heavy atom. The quantitative estimate of drug-likeness (QED) is 0.747. The maximum absolute atomic E-state index is 11.6. The lowest BCUT2D eigenvalue weighted by Gasteiger charge is -2.07. The van der Waals surface area contributed by atoms with E-state index in [1.165, 1.54) is 12.2 Å². The molecule has 0 radical (unpaired) electrons.